The Morgan fingerprint density at radius 3 is 1.91 bits per heavy atom. The molecular formula is C29H24N3+. The highest BCUT2D eigenvalue weighted by Crippen LogP contribution is 2.30. The molecule has 4 aromatic carbocycles. The first-order valence-electron chi connectivity index (χ1n) is 11.0. The van der Waals surface area contributed by atoms with Gasteiger partial charge in [-0.1, -0.05) is 72.8 Å². The maximum absolute atomic E-state index is 5.16. The van der Waals surface area contributed by atoms with Gasteiger partial charge < -0.3 is 0 Å². The summed E-state index contributed by atoms with van der Waals surface area (Å²) in [6.07, 6.45) is 0. The zero-order chi connectivity index (χ0) is 21.8. The molecule has 0 bridgehead atoms. The third-order valence-electron chi connectivity index (χ3n) is 6.63. The second-order valence-electron chi connectivity index (χ2n) is 8.43. The van der Waals surface area contributed by atoms with Gasteiger partial charge in [-0.05, 0) is 46.8 Å². The van der Waals surface area contributed by atoms with Gasteiger partial charge >= 0.3 is 0 Å². The topological polar surface area (TPSA) is 21.2 Å². The van der Waals surface area contributed by atoms with Crippen LogP contribution in [0.4, 0.5) is 0 Å². The van der Waals surface area contributed by atoms with Crippen LogP contribution in [-0.4, -0.2) is 9.38 Å². The Morgan fingerprint density at radius 1 is 0.625 bits per heavy atom. The molecule has 3 nitrogen and oxygen atoms in total. The van der Waals surface area contributed by atoms with E-state index in [1.807, 2.05) is 0 Å². The summed E-state index contributed by atoms with van der Waals surface area (Å²) in [6.45, 7) is 4.35. The Bertz CT molecular complexity index is 1760. The van der Waals surface area contributed by atoms with Crippen LogP contribution < -0.4 is 4.57 Å². The van der Waals surface area contributed by atoms with Gasteiger partial charge in [0.2, 0.25) is 5.65 Å². The maximum atomic E-state index is 5.16. The second-order valence-corrected chi connectivity index (χ2v) is 8.43. The highest BCUT2D eigenvalue weighted by atomic mass is 15.1. The first-order chi connectivity index (χ1) is 15.6. The maximum Gasteiger partial charge on any atom is 0.260 e. The van der Waals surface area contributed by atoms with E-state index < -0.39 is 0 Å². The summed E-state index contributed by atoms with van der Waals surface area (Å²) in [7, 11) is 2.15. The molecule has 0 fully saturated rings. The predicted octanol–water partition coefficient (Wildman–Crippen LogP) is 6.51. The van der Waals surface area contributed by atoms with Crippen molar-refractivity contribution < 1.29 is 4.57 Å². The van der Waals surface area contributed by atoms with Gasteiger partial charge in [-0.25, -0.2) is 9.55 Å². The van der Waals surface area contributed by atoms with Gasteiger partial charge in [0.05, 0.1) is 7.05 Å². The third kappa shape index (κ3) is 2.61. The van der Waals surface area contributed by atoms with Crippen molar-refractivity contribution in [1.82, 2.24) is 9.38 Å². The number of fused-ring (bicyclic) bond motifs is 9. The van der Waals surface area contributed by atoms with Gasteiger partial charge in [0.25, 0.3) is 5.82 Å². The fourth-order valence-corrected chi connectivity index (χ4v) is 4.97. The number of aryl methyl sites for hydroxylation is 3. The lowest BCUT2D eigenvalue weighted by atomic mass is 10.0. The van der Waals surface area contributed by atoms with E-state index in [-0.39, 0.29) is 0 Å². The number of nitrogens with zero attached hydrogens (tertiary/aromatic N) is 3. The molecule has 0 aliphatic heterocycles. The molecule has 0 radical (unpaired) electrons. The monoisotopic (exact) mass is 414 g/mol. The predicted molar refractivity (Wildman–Crippen MR) is 133 cm³/mol. The van der Waals surface area contributed by atoms with Crippen LogP contribution in [0.25, 0.3) is 49.1 Å². The average Bonchev–Trinajstić information content (AvgIpc) is 3.23. The zero-order valence-electron chi connectivity index (χ0n) is 18.5. The van der Waals surface area contributed by atoms with Gasteiger partial charge in [0.15, 0.2) is 5.52 Å². The fourth-order valence-electron chi connectivity index (χ4n) is 4.97. The fraction of sp³-hybridized carbons (Fsp3) is 0.103. The van der Waals surface area contributed by atoms with Crippen molar-refractivity contribution in [2.75, 3.05) is 0 Å². The number of hydrogen-bond donors (Lipinski definition) is 0. The molecule has 0 saturated heterocycles. The number of aromatic nitrogens is 3. The van der Waals surface area contributed by atoms with Crippen LogP contribution in [0.15, 0.2) is 91.0 Å². The van der Waals surface area contributed by atoms with Gasteiger partial charge in [-0.15, -0.1) is 0 Å². The summed E-state index contributed by atoms with van der Waals surface area (Å²) in [5.41, 5.74) is 5.55. The smallest absolute Gasteiger partial charge is 0.233 e. The van der Waals surface area contributed by atoms with Gasteiger partial charge in [-0.2, -0.15) is 4.40 Å². The normalized spacial score (nSPS) is 11.6. The minimum Gasteiger partial charge on any atom is -0.233 e. The van der Waals surface area contributed by atoms with E-state index in [0.717, 1.165) is 27.9 Å². The van der Waals surface area contributed by atoms with E-state index in [1.54, 1.807) is 0 Å². The van der Waals surface area contributed by atoms with E-state index in [0.29, 0.717) is 0 Å². The molecule has 32 heavy (non-hydrogen) atoms. The van der Waals surface area contributed by atoms with E-state index in [4.69, 9.17) is 4.98 Å². The van der Waals surface area contributed by atoms with Crippen LogP contribution in [-0.2, 0) is 7.05 Å². The quantitative estimate of drug-likeness (QED) is 0.260. The van der Waals surface area contributed by atoms with Crippen LogP contribution in [0, 0.1) is 13.8 Å². The Balaban J connectivity index is 2.11. The Labute approximate surface area is 186 Å². The number of benzene rings is 4. The van der Waals surface area contributed by atoms with Crippen molar-refractivity contribution in [1.29, 1.82) is 0 Å². The summed E-state index contributed by atoms with van der Waals surface area (Å²) in [5, 5.41) is 6.02. The Kier molecular flexibility index (Phi) is 4.12. The average molecular weight is 415 g/mol. The minimum atomic E-state index is 0.975. The Hall–Kier alpha value is -3.98. The molecule has 0 spiro atoms. The van der Waals surface area contributed by atoms with E-state index in [2.05, 4.69) is 121 Å². The Morgan fingerprint density at radius 2 is 1.19 bits per heavy atom. The second kappa shape index (κ2) is 7.03. The van der Waals surface area contributed by atoms with Gasteiger partial charge in [0.1, 0.15) is 11.0 Å². The SMILES string of the molecule is Cc1cccc2nc3c4ccccc4c4ccccc4c4ccccc4[n+](C)c(C)n3c12. The lowest BCUT2D eigenvalue weighted by molar-refractivity contribution is -0.654. The molecule has 154 valence electrons. The third-order valence-corrected chi connectivity index (χ3v) is 6.63. The van der Waals surface area contributed by atoms with Crippen molar-refractivity contribution in [2.24, 2.45) is 7.05 Å². The van der Waals surface area contributed by atoms with Crippen molar-refractivity contribution >= 4 is 49.1 Å². The standard InChI is InChI=1S/C29H24N3/c1-19-11-10-17-26-28(19)32-20(2)31(3)27-18-9-8-15-24(27)22-13-5-4-12-21(22)23-14-6-7-16-25(23)29(32)30-26/h4-18H,1-3H3/q+1. The van der Waals surface area contributed by atoms with Crippen LogP contribution in [0.1, 0.15) is 11.4 Å². The van der Waals surface area contributed by atoms with Crippen molar-refractivity contribution in [3.8, 4) is 0 Å². The highest BCUT2D eigenvalue weighted by Gasteiger charge is 2.18. The lowest BCUT2D eigenvalue weighted by Gasteiger charge is -2.06. The molecule has 0 aliphatic rings. The molecule has 6 rings (SSSR count). The molecule has 0 aliphatic carbocycles. The summed E-state index contributed by atoms with van der Waals surface area (Å²) in [5.74, 6) is 1.12. The number of rotatable bonds is 0. The number of hydrogen-bond acceptors (Lipinski definition) is 1. The van der Waals surface area contributed by atoms with E-state index in [1.165, 1.54) is 32.6 Å². The molecule has 6 aromatic rings. The van der Waals surface area contributed by atoms with Crippen molar-refractivity contribution in [2.45, 2.75) is 13.8 Å². The lowest BCUT2D eigenvalue weighted by Crippen LogP contribution is -2.34. The van der Waals surface area contributed by atoms with Gasteiger partial charge in [0, 0.05) is 17.7 Å². The molecule has 0 amide bonds. The summed E-state index contributed by atoms with van der Waals surface area (Å²) in [4.78, 5) is 5.16. The van der Waals surface area contributed by atoms with Crippen molar-refractivity contribution in [3.05, 3.63) is 102 Å². The van der Waals surface area contributed by atoms with E-state index >= 15 is 0 Å². The molecular weight excluding hydrogens is 390 g/mol. The van der Waals surface area contributed by atoms with Crippen LogP contribution in [0.5, 0.6) is 0 Å². The molecule has 2 heterocycles. The molecule has 0 unspecified atom stereocenters. The summed E-state index contributed by atoms with van der Waals surface area (Å²) < 4.78 is 4.62. The number of imidazole rings is 1. The van der Waals surface area contributed by atoms with Crippen LogP contribution in [0.2, 0.25) is 0 Å². The summed E-state index contributed by atoms with van der Waals surface area (Å²) >= 11 is 0. The van der Waals surface area contributed by atoms with Crippen LogP contribution >= 0.6 is 0 Å². The first kappa shape index (κ1) is 18.8. The number of para-hydroxylation sites is 2. The molecule has 0 N–H and O–H groups in total. The first-order valence-corrected chi connectivity index (χ1v) is 11.0. The summed E-state index contributed by atoms with van der Waals surface area (Å²) in [6, 6.07) is 32.4. The van der Waals surface area contributed by atoms with Crippen molar-refractivity contribution in [3.63, 3.8) is 0 Å². The molecule has 0 saturated carbocycles. The largest absolute Gasteiger partial charge is 0.260 e. The molecule has 3 heteroatoms. The van der Waals surface area contributed by atoms with Crippen LogP contribution in [0.3, 0.4) is 0 Å². The highest BCUT2D eigenvalue weighted by molar-refractivity contribution is 6.15. The van der Waals surface area contributed by atoms with E-state index in [9.17, 15) is 0 Å². The molecule has 2 aromatic heterocycles. The van der Waals surface area contributed by atoms with Gasteiger partial charge in [-0.3, -0.25) is 0 Å². The minimum absolute atomic E-state index is 0.975. The zero-order valence-corrected chi connectivity index (χ0v) is 18.5. The molecule has 0 atom stereocenters.